The lowest BCUT2D eigenvalue weighted by molar-refractivity contribution is -0.384. The van der Waals surface area contributed by atoms with Crippen LogP contribution in [0.4, 0.5) is 11.4 Å². The zero-order chi connectivity index (χ0) is 30.2. The lowest BCUT2D eigenvalue weighted by Crippen LogP contribution is -2.54. The Morgan fingerprint density at radius 2 is 1.57 bits per heavy atom. The molecule has 40 heavy (non-hydrogen) atoms. The van der Waals surface area contributed by atoms with Crippen molar-refractivity contribution in [3.8, 4) is 0 Å². The van der Waals surface area contributed by atoms with Crippen molar-refractivity contribution >= 4 is 46.9 Å². The van der Waals surface area contributed by atoms with Crippen molar-refractivity contribution in [3.63, 3.8) is 0 Å². The number of hydrogen-bond acceptors (Lipinski definition) is 10. The van der Waals surface area contributed by atoms with E-state index in [2.05, 4.69) is 21.3 Å². The molecule has 0 spiro atoms. The van der Waals surface area contributed by atoms with Crippen molar-refractivity contribution < 1.29 is 38.8 Å². The van der Waals surface area contributed by atoms with Gasteiger partial charge in [-0.25, -0.2) is 0 Å². The highest BCUT2D eigenvalue weighted by molar-refractivity contribution is 5.98. The number of carbonyl (C=O) groups excluding carboxylic acids is 5. The third kappa shape index (κ3) is 12.7. The third-order valence-electron chi connectivity index (χ3n) is 5.42. The molecule has 0 aliphatic heterocycles. The Morgan fingerprint density at radius 1 is 0.925 bits per heavy atom. The summed E-state index contributed by atoms with van der Waals surface area (Å²) in [5, 5.41) is 29.1. The number of nitrogens with two attached hydrogens (primary N) is 3. The number of carboxylic acid groups (broad SMARTS) is 1. The molecule has 3 atom stereocenters. The van der Waals surface area contributed by atoms with E-state index < -0.39 is 71.5 Å². The summed E-state index contributed by atoms with van der Waals surface area (Å²) in [6.45, 7) is -0.298. The van der Waals surface area contributed by atoms with E-state index in [1.807, 2.05) is 0 Å². The van der Waals surface area contributed by atoms with Gasteiger partial charge in [-0.15, -0.1) is 0 Å². The Kier molecular flexibility index (Phi) is 14.2. The highest BCUT2D eigenvalue weighted by atomic mass is 16.6. The fraction of sp³-hybridized carbons (Fsp3) is 0.478. The first-order valence-electron chi connectivity index (χ1n) is 12.2. The average Bonchev–Trinajstić information content (AvgIpc) is 2.89. The molecule has 0 aliphatic rings. The molecule has 0 saturated heterocycles. The van der Waals surface area contributed by atoms with Crippen LogP contribution in [-0.4, -0.2) is 76.8 Å². The van der Waals surface area contributed by atoms with Crippen LogP contribution >= 0.6 is 0 Å². The number of nitro groups is 1. The molecule has 11 N–H and O–H groups in total. The molecule has 0 heterocycles. The monoisotopic (exact) mass is 566 g/mol. The number of aliphatic carboxylic acids is 1. The summed E-state index contributed by atoms with van der Waals surface area (Å²) in [7, 11) is 0. The van der Waals surface area contributed by atoms with Gasteiger partial charge >= 0.3 is 5.97 Å². The van der Waals surface area contributed by atoms with Gasteiger partial charge in [0.15, 0.2) is 0 Å². The Labute approximate surface area is 228 Å². The minimum absolute atomic E-state index is 0.177. The fourth-order valence-electron chi connectivity index (χ4n) is 3.29. The number of nitrogens with zero attached hydrogens (tertiary/aromatic N) is 1. The van der Waals surface area contributed by atoms with Crippen LogP contribution in [-0.2, 0) is 28.8 Å². The molecule has 220 valence electrons. The summed E-state index contributed by atoms with van der Waals surface area (Å²) in [6, 6.07) is 1.03. The van der Waals surface area contributed by atoms with Gasteiger partial charge in [-0.3, -0.25) is 38.9 Å². The number of carbonyl (C=O) groups is 6. The minimum atomic E-state index is -1.53. The second-order valence-corrected chi connectivity index (χ2v) is 8.69. The first-order chi connectivity index (χ1) is 18.8. The summed E-state index contributed by atoms with van der Waals surface area (Å²) in [5.74, 6) is -5.52. The number of unbranched alkanes of at least 4 members (excludes halogenated alkanes) is 1. The number of non-ortho nitro benzene ring substituents is 1. The number of carboxylic acids is 1. The highest BCUT2D eigenvalue weighted by Gasteiger charge is 2.27. The number of rotatable bonds is 18. The van der Waals surface area contributed by atoms with Crippen LogP contribution in [0.5, 0.6) is 0 Å². The maximum Gasteiger partial charge on any atom is 0.305 e. The van der Waals surface area contributed by atoms with Crippen molar-refractivity contribution in [1.29, 1.82) is 0 Å². The van der Waals surface area contributed by atoms with E-state index in [4.69, 9.17) is 22.3 Å². The van der Waals surface area contributed by atoms with Crippen molar-refractivity contribution in [3.05, 3.63) is 34.4 Å². The summed E-state index contributed by atoms with van der Waals surface area (Å²) >= 11 is 0. The maximum atomic E-state index is 12.7. The van der Waals surface area contributed by atoms with Crippen LogP contribution < -0.4 is 38.5 Å². The molecule has 0 aliphatic carbocycles. The van der Waals surface area contributed by atoms with Gasteiger partial charge in [-0.1, -0.05) is 6.42 Å². The zero-order valence-corrected chi connectivity index (χ0v) is 21.6. The zero-order valence-electron chi connectivity index (χ0n) is 21.6. The van der Waals surface area contributed by atoms with Crippen LogP contribution in [0.2, 0.25) is 0 Å². The molecular formula is C23H34N8O9. The second-order valence-electron chi connectivity index (χ2n) is 8.69. The van der Waals surface area contributed by atoms with Gasteiger partial charge in [-0.05, 0) is 37.9 Å². The van der Waals surface area contributed by atoms with Gasteiger partial charge in [0.05, 0.1) is 23.9 Å². The highest BCUT2D eigenvalue weighted by Crippen LogP contribution is 2.16. The summed E-state index contributed by atoms with van der Waals surface area (Å²) < 4.78 is 0. The van der Waals surface area contributed by atoms with E-state index in [-0.39, 0.29) is 30.6 Å². The number of primary amides is 1. The van der Waals surface area contributed by atoms with Crippen molar-refractivity contribution in [2.75, 3.05) is 18.4 Å². The molecular weight excluding hydrogens is 532 g/mol. The van der Waals surface area contributed by atoms with Gasteiger partial charge in [0.25, 0.3) is 5.69 Å². The second kappa shape index (κ2) is 17.0. The van der Waals surface area contributed by atoms with Crippen molar-refractivity contribution in [1.82, 2.24) is 16.0 Å². The quantitative estimate of drug-likeness (QED) is 0.0536. The minimum Gasteiger partial charge on any atom is -0.481 e. The van der Waals surface area contributed by atoms with E-state index in [0.29, 0.717) is 19.4 Å². The molecule has 5 amide bonds. The van der Waals surface area contributed by atoms with E-state index in [1.54, 1.807) is 0 Å². The normalized spacial score (nSPS) is 12.8. The number of benzene rings is 1. The summed E-state index contributed by atoms with van der Waals surface area (Å²) in [5.41, 5.74) is 16.3. The molecule has 0 saturated carbocycles. The fourth-order valence-corrected chi connectivity index (χ4v) is 3.29. The molecule has 1 aromatic carbocycles. The van der Waals surface area contributed by atoms with Gasteiger partial charge in [-0.2, -0.15) is 0 Å². The summed E-state index contributed by atoms with van der Waals surface area (Å²) in [6.07, 6.45) is 0.184. The largest absolute Gasteiger partial charge is 0.481 e. The Bertz CT molecular complexity index is 1080. The lowest BCUT2D eigenvalue weighted by Gasteiger charge is -2.20. The molecule has 0 bridgehead atoms. The third-order valence-corrected chi connectivity index (χ3v) is 5.42. The SMILES string of the molecule is NCCCC[C@H](N)C(=O)N[C@@H](CC(=O)O)C(=O)NCC(=O)N[C@@H](CCC(N)=O)C(=O)Nc1ccc([N+](=O)[O-])cc1. The Hall–Kier alpha value is -4.64. The van der Waals surface area contributed by atoms with E-state index in [1.165, 1.54) is 12.1 Å². The molecule has 1 rings (SSSR count). The molecule has 0 unspecified atom stereocenters. The van der Waals surface area contributed by atoms with Crippen molar-refractivity contribution in [2.45, 2.75) is 56.7 Å². The van der Waals surface area contributed by atoms with Crippen LogP contribution in [0.15, 0.2) is 24.3 Å². The van der Waals surface area contributed by atoms with Gasteiger partial charge in [0.2, 0.25) is 29.5 Å². The molecule has 1 aromatic rings. The van der Waals surface area contributed by atoms with Gasteiger partial charge in [0.1, 0.15) is 12.1 Å². The van der Waals surface area contributed by atoms with Gasteiger partial charge < -0.3 is 43.6 Å². The van der Waals surface area contributed by atoms with Crippen LogP contribution in [0.3, 0.4) is 0 Å². The summed E-state index contributed by atoms with van der Waals surface area (Å²) in [4.78, 5) is 82.6. The molecule has 0 radical (unpaired) electrons. The topological polar surface area (TPSA) is 292 Å². The predicted octanol–water partition coefficient (Wildman–Crippen LogP) is -2.18. The number of hydrogen-bond donors (Lipinski definition) is 8. The van der Waals surface area contributed by atoms with Gasteiger partial charge in [0, 0.05) is 24.2 Å². The van der Waals surface area contributed by atoms with Crippen LogP contribution in [0.25, 0.3) is 0 Å². The number of nitro benzene ring substituents is 1. The number of nitrogens with one attached hydrogen (secondary N) is 4. The Balaban J connectivity index is 2.79. The molecule has 0 aromatic heterocycles. The molecule has 17 nitrogen and oxygen atoms in total. The number of anilines is 1. The molecule has 17 heteroatoms. The van der Waals surface area contributed by atoms with Crippen LogP contribution in [0.1, 0.15) is 38.5 Å². The lowest BCUT2D eigenvalue weighted by atomic mass is 10.1. The maximum absolute atomic E-state index is 12.7. The predicted molar refractivity (Wildman–Crippen MR) is 140 cm³/mol. The van der Waals surface area contributed by atoms with E-state index in [0.717, 1.165) is 12.1 Å². The van der Waals surface area contributed by atoms with Crippen molar-refractivity contribution in [2.24, 2.45) is 17.2 Å². The average molecular weight is 567 g/mol. The van der Waals surface area contributed by atoms with E-state index >= 15 is 0 Å². The molecule has 0 fully saturated rings. The first-order valence-corrected chi connectivity index (χ1v) is 12.2. The Morgan fingerprint density at radius 3 is 2.12 bits per heavy atom. The standard InChI is InChI=1S/C23H34N8O9/c24-10-2-1-3-15(25)21(36)30-17(11-20(34)35)22(37)27-12-19(33)29-16(8-9-18(26)32)23(38)28-13-4-6-14(7-5-13)31(39)40/h4-7,15-17H,1-3,8-12,24-25H2,(H2,26,32)(H,27,37)(H,28,38)(H,29,33)(H,30,36)(H,34,35)/t15-,16-,17-/m0/s1. The van der Waals surface area contributed by atoms with E-state index in [9.17, 15) is 38.9 Å². The first kappa shape index (κ1) is 33.4. The smallest absolute Gasteiger partial charge is 0.305 e. The number of amides is 5. The van der Waals surface area contributed by atoms with Crippen LogP contribution in [0, 0.1) is 10.1 Å².